The van der Waals surface area contributed by atoms with Crippen LogP contribution in [-0.2, 0) is 14.2 Å². The molecule has 0 N–H and O–H groups in total. The average Bonchev–Trinajstić information content (AvgIpc) is 2.32. The van der Waals surface area contributed by atoms with Crippen LogP contribution >= 0.6 is 0 Å². The molecule has 1 atom stereocenters. The third kappa shape index (κ3) is 7.71. The van der Waals surface area contributed by atoms with Gasteiger partial charge < -0.3 is 14.2 Å². The first-order valence-electron chi connectivity index (χ1n) is 6.78. The second-order valence-corrected chi connectivity index (χ2v) is 4.65. The van der Waals surface area contributed by atoms with Crippen LogP contribution in [0.5, 0.6) is 0 Å². The lowest BCUT2D eigenvalue weighted by atomic mass is 10.1. The largest absolute Gasteiger partial charge is 0.378 e. The molecule has 102 valence electrons. The van der Waals surface area contributed by atoms with E-state index in [1.54, 1.807) is 0 Å². The highest BCUT2D eigenvalue weighted by molar-refractivity contribution is 4.62. The molecule has 1 saturated heterocycles. The summed E-state index contributed by atoms with van der Waals surface area (Å²) in [6, 6.07) is 0. The molecule has 0 bridgehead atoms. The van der Waals surface area contributed by atoms with Gasteiger partial charge in [-0.1, -0.05) is 20.3 Å². The quantitative estimate of drug-likeness (QED) is 0.752. The van der Waals surface area contributed by atoms with Gasteiger partial charge in [-0.3, -0.25) is 4.90 Å². The minimum absolute atomic E-state index is 0.675. The maximum absolute atomic E-state index is 5.54. The molecule has 1 unspecified atom stereocenters. The van der Waals surface area contributed by atoms with Crippen LogP contribution < -0.4 is 0 Å². The van der Waals surface area contributed by atoms with Crippen molar-refractivity contribution in [3.05, 3.63) is 0 Å². The Morgan fingerprint density at radius 2 is 1.35 bits per heavy atom. The molecule has 1 heterocycles. The summed E-state index contributed by atoms with van der Waals surface area (Å²) in [6.45, 7) is 12.0. The van der Waals surface area contributed by atoms with Gasteiger partial charge >= 0.3 is 0 Å². The molecule has 0 aromatic heterocycles. The highest BCUT2D eigenvalue weighted by Gasteiger charge is 2.09. The molecule has 1 aliphatic rings. The monoisotopic (exact) mass is 245 g/mol. The van der Waals surface area contributed by atoms with E-state index in [4.69, 9.17) is 14.2 Å². The van der Waals surface area contributed by atoms with Gasteiger partial charge in [0.25, 0.3) is 0 Å². The zero-order chi connectivity index (χ0) is 12.3. The highest BCUT2D eigenvalue weighted by atomic mass is 16.5. The Hall–Kier alpha value is -0.160. The van der Waals surface area contributed by atoms with Gasteiger partial charge in [0, 0.05) is 19.6 Å². The van der Waals surface area contributed by atoms with Crippen molar-refractivity contribution in [2.75, 3.05) is 59.3 Å². The van der Waals surface area contributed by atoms with Crippen LogP contribution in [0.4, 0.5) is 0 Å². The maximum Gasteiger partial charge on any atom is 0.0701 e. The molecule has 1 fully saturated rings. The summed E-state index contributed by atoms with van der Waals surface area (Å²) in [6.07, 6.45) is 1.23. The number of hydrogen-bond donors (Lipinski definition) is 0. The molecule has 17 heavy (non-hydrogen) atoms. The maximum atomic E-state index is 5.54. The van der Waals surface area contributed by atoms with E-state index in [2.05, 4.69) is 18.7 Å². The third-order valence-corrected chi connectivity index (χ3v) is 3.11. The van der Waals surface area contributed by atoms with Crippen molar-refractivity contribution in [1.82, 2.24) is 4.90 Å². The van der Waals surface area contributed by atoms with Gasteiger partial charge in [0.1, 0.15) is 0 Å². The van der Waals surface area contributed by atoms with Crippen molar-refractivity contribution in [2.45, 2.75) is 20.3 Å². The van der Waals surface area contributed by atoms with Crippen LogP contribution in [0.2, 0.25) is 0 Å². The van der Waals surface area contributed by atoms with E-state index in [9.17, 15) is 0 Å². The molecule has 1 rings (SSSR count). The van der Waals surface area contributed by atoms with E-state index in [1.807, 2.05) is 0 Å². The molecule has 0 radical (unpaired) electrons. The Morgan fingerprint density at radius 1 is 0.882 bits per heavy atom. The van der Waals surface area contributed by atoms with Crippen molar-refractivity contribution in [2.24, 2.45) is 5.92 Å². The van der Waals surface area contributed by atoms with Gasteiger partial charge in [0.15, 0.2) is 0 Å². The highest BCUT2D eigenvalue weighted by Crippen LogP contribution is 2.04. The molecule has 0 saturated carbocycles. The number of rotatable bonds is 3. The lowest BCUT2D eigenvalue weighted by molar-refractivity contribution is -0.00741. The molecule has 0 spiro atoms. The minimum Gasteiger partial charge on any atom is -0.378 e. The topological polar surface area (TPSA) is 30.9 Å². The molecule has 0 aromatic carbocycles. The lowest BCUT2D eigenvalue weighted by Gasteiger charge is -2.25. The summed E-state index contributed by atoms with van der Waals surface area (Å²) in [4.78, 5) is 2.44. The van der Waals surface area contributed by atoms with Gasteiger partial charge in [-0.25, -0.2) is 0 Å². The first-order chi connectivity index (χ1) is 8.33. The second kappa shape index (κ2) is 9.83. The van der Waals surface area contributed by atoms with Gasteiger partial charge in [-0.15, -0.1) is 0 Å². The van der Waals surface area contributed by atoms with Crippen LogP contribution in [0.25, 0.3) is 0 Å². The summed E-state index contributed by atoms with van der Waals surface area (Å²) in [7, 11) is 0. The molecule has 0 aromatic rings. The Kier molecular flexibility index (Phi) is 8.61. The van der Waals surface area contributed by atoms with Crippen LogP contribution in [0.3, 0.4) is 0 Å². The van der Waals surface area contributed by atoms with Crippen LogP contribution in [0, 0.1) is 5.92 Å². The molecular formula is C13H27NO3. The molecular weight excluding hydrogens is 218 g/mol. The van der Waals surface area contributed by atoms with E-state index in [0.717, 1.165) is 38.8 Å². The molecule has 4 heteroatoms. The van der Waals surface area contributed by atoms with Gasteiger partial charge in [-0.2, -0.15) is 0 Å². The summed E-state index contributed by atoms with van der Waals surface area (Å²) in [5.74, 6) is 0.742. The fourth-order valence-electron chi connectivity index (χ4n) is 1.79. The Balaban J connectivity index is 2.26. The molecule has 0 aliphatic carbocycles. The smallest absolute Gasteiger partial charge is 0.0701 e. The van der Waals surface area contributed by atoms with E-state index in [0.29, 0.717) is 26.4 Å². The SMILES string of the molecule is CCC(C)CN1CCOCCOCCOCC1. The summed E-state index contributed by atoms with van der Waals surface area (Å²) < 4.78 is 16.4. The first-order valence-corrected chi connectivity index (χ1v) is 6.78. The van der Waals surface area contributed by atoms with Crippen molar-refractivity contribution >= 4 is 0 Å². The number of hydrogen-bond acceptors (Lipinski definition) is 4. The number of nitrogens with zero attached hydrogens (tertiary/aromatic N) is 1. The average molecular weight is 245 g/mol. The fraction of sp³-hybridized carbons (Fsp3) is 1.00. The molecule has 4 nitrogen and oxygen atoms in total. The predicted molar refractivity (Wildman–Crippen MR) is 68.4 cm³/mol. The minimum atomic E-state index is 0.675. The fourth-order valence-corrected chi connectivity index (χ4v) is 1.79. The van der Waals surface area contributed by atoms with E-state index in [1.165, 1.54) is 6.42 Å². The molecule has 0 amide bonds. The van der Waals surface area contributed by atoms with Crippen LogP contribution in [0.1, 0.15) is 20.3 Å². The normalized spacial score (nSPS) is 23.6. The van der Waals surface area contributed by atoms with Crippen molar-refractivity contribution < 1.29 is 14.2 Å². The Morgan fingerprint density at radius 3 is 1.82 bits per heavy atom. The standard InChI is InChI=1S/C13H27NO3/c1-3-13(2)12-14-4-6-15-8-10-17-11-9-16-7-5-14/h13H,3-12H2,1-2H3. The second-order valence-electron chi connectivity index (χ2n) is 4.65. The summed E-state index contributed by atoms with van der Waals surface area (Å²) in [5.41, 5.74) is 0. The van der Waals surface area contributed by atoms with E-state index < -0.39 is 0 Å². The van der Waals surface area contributed by atoms with Gasteiger partial charge in [-0.05, 0) is 5.92 Å². The van der Waals surface area contributed by atoms with Gasteiger partial charge in [0.2, 0.25) is 0 Å². The summed E-state index contributed by atoms with van der Waals surface area (Å²) >= 11 is 0. The van der Waals surface area contributed by atoms with Crippen molar-refractivity contribution in [3.8, 4) is 0 Å². The van der Waals surface area contributed by atoms with Crippen molar-refractivity contribution in [3.63, 3.8) is 0 Å². The van der Waals surface area contributed by atoms with Crippen LogP contribution in [0.15, 0.2) is 0 Å². The van der Waals surface area contributed by atoms with Crippen LogP contribution in [-0.4, -0.2) is 64.2 Å². The van der Waals surface area contributed by atoms with E-state index in [-0.39, 0.29) is 0 Å². The van der Waals surface area contributed by atoms with Gasteiger partial charge in [0.05, 0.1) is 39.6 Å². The summed E-state index contributed by atoms with van der Waals surface area (Å²) in [5, 5.41) is 0. The Labute approximate surface area is 105 Å². The van der Waals surface area contributed by atoms with Crippen molar-refractivity contribution in [1.29, 1.82) is 0 Å². The zero-order valence-corrected chi connectivity index (χ0v) is 11.3. The molecule has 1 aliphatic heterocycles. The predicted octanol–water partition coefficient (Wildman–Crippen LogP) is 1.40. The third-order valence-electron chi connectivity index (χ3n) is 3.11. The zero-order valence-electron chi connectivity index (χ0n) is 11.3. The first kappa shape index (κ1) is 14.9. The number of ether oxygens (including phenoxy) is 3. The lowest BCUT2D eigenvalue weighted by Crippen LogP contribution is -2.35. The Bertz CT molecular complexity index is 166. The van der Waals surface area contributed by atoms with E-state index >= 15 is 0 Å².